The van der Waals surface area contributed by atoms with Crippen molar-refractivity contribution in [3.8, 4) is 0 Å². The van der Waals surface area contributed by atoms with Gasteiger partial charge in [0, 0.05) is 24.8 Å². The number of benzene rings is 1. The number of para-hydroxylation sites is 1. The number of nitrogens with zero attached hydrogens (tertiary/aromatic N) is 2. The van der Waals surface area contributed by atoms with Crippen LogP contribution in [0.1, 0.15) is 38.2 Å². The molecule has 1 aromatic rings. The van der Waals surface area contributed by atoms with E-state index in [1.807, 2.05) is 30.0 Å². The van der Waals surface area contributed by atoms with Gasteiger partial charge in [-0.2, -0.15) is 0 Å². The summed E-state index contributed by atoms with van der Waals surface area (Å²) >= 11 is 0. The van der Waals surface area contributed by atoms with Crippen LogP contribution in [0.2, 0.25) is 0 Å². The van der Waals surface area contributed by atoms with Gasteiger partial charge in [-0.3, -0.25) is 4.79 Å². The van der Waals surface area contributed by atoms with E-state index >= 15 is 0 Å². The number of amides is 1. The van der Waals surface area contributed by atoms with E-state index in [-0.39, 0.29) is 36.4 Å². The quantitative estimate of drug-likeness (QED) is 0.429. The van der Waals surface area contributed by atoms with Gasteiger partial charge in [0.1, 0.15) is 6.54 Å². The van der Waals surface area contributed by atoms with Crippen molar-refractivity contribution in [1.29, 1.82) is 0 Å². The summed E-state index contributed by atoms with van der Waals surface area (Å²) < 4.78 is 0. The first-order valence-electron chi connectivity index (χ1n) is 8.71. The third-order valence-corrected chi connectivity index (χ3v) is 4.60. The SMILES string of the molecule is CCNC(=NCC(=O)N1CCc2ccccc21)NC1CCCC1.I. The second-order valence-corrected chi connectivity index (χ2v) is 6.24. The Morgan fingerprint density at radius 3 is 2.79 bits per heavy atom. The van der Waals surface area contributed by atoms with Crippen LogP contribution >= 0.6 is 24.0 Å². The van der Waals surface area contributed by atoms with E-state index in [4.69, 9.17) is 0 Å². The fraction of sp³-hybridized carbons (Fsp3) is 0.556. The average molecular weight is 442 g/mol. The highest BCUT2D eigenvalue weighted by atomic mass is 127. The van der Waals surface area contributed by atoms with E-state index < -0.39 is 0 Å². The first-order valence-corrected chi connectivity index (χ1v) is 8.71. The number of guanidine groups is 1. The summed E-state index contributed by atoms with van der Waals surface area (Å²) in [5.41, 5.74) is 2.29. The lowest BCUT2D eigenvalue weighted by atomic mass is 10.2. The first-order chi connectivity index (χ1) is 11.3. The number of halogens is 1. The zero-order valence-corrected chi connectivity index (χ0v) is 16.6. The van der Waals surface area contributed by atoms with Crippen molar-refractivity contribution in [2.24, 2.45) is 4.99 Å². The molecule has 132 valence electrons. The van der Waals surface area contributed by atoms with Crippen molar-refractivity contribution >= 4 is 41.5 Å². The maximum absolute atomic E-state index is 12.5. The van der Waals surface area contributed by atoms with Crippen molar-refractivity contribution in [1.82, 2.24) is 10.6 Å². The molecule has 3 rings (SSSR count). The van der Waals surface area contributed by atoms with Crippen LogP contribution in [0.4, 0.5) is 5.69 Å². The van der Waals surface area contributed by atoms with Crippen molar-refractivity contribution in [2.75, 3.05) is 24.5 Å². The van der Waals surface area contributed by atoms with E-state index in [0.717, 1.165) is 31.2 Å². The first kappa shape index (κ1) is 19.0. The highest BCUT2D eigenvalue weighted by molar-refractivity contribution is 14.0. The summed E-state index contributed by atoms with van der Waals surface area (Å²) in [4.78, 5) is 18.9. The molecular weight excluding hydrogens is 415 g/mol. The molecule has 0 spiro atoms. The summed E-state index contributed by atoms with van der Waals surface area (Å²) in [5.74, 6) is 0.832. The Bertz CT molecular complexity index is 584. The van der Waals surface area contributed by atoms with Crippen LogP contribution in [0.25, 0.3) is 0 Å². The molecule has 2 N–H and O–H groups in total. The Labute approximate surface area is 161 Å². The maximum atomic E-state index is 12.5. The number of anilines is 1. The number of hydrogen-bond acceptors (Lipinski definition) is 2. The van der Waals surface area contributed by atoms with E-state index in [1.165, 1.54) is 31.2 Å². The molecule has 0 radical (unpaired) electrons. The minimum absolute atomic E-state index is 0. The predicted octanol–water partition coefficient (Wildman–Crippen LogP) is 2.69. The monoisotopic (exact) mass is 442 g/mol. The van der Waals surface area contributed by atoms with Gasteiger partial charge in [0.15, 0.2) is 5.96 Å². The van der Waals surface area contributed by atoms with Crippen LogP contribution in [0.15, 0.2) is 29.3 Å². The summed E-state index contributed by atoms with van der Waals surface area (Å²) in [6.45, 7) is 3.81. The molecule has 1 heterocycles. The average Bonchev–Trinajstić information content (AvgIpc) is 3.22. The minimum Gasteiger partial charge on any atom is -0.357 e. The molecule has 1 fully saturated rings. The van der Waals surface area contributed by atoms with E-state index in [9.17, 15) is 4.79 Å². The molecule has 1 aliphatic heterocycles. The summed E-state index contributed by atoms with van der Waals surface area (Å²) in [6, 6.07) is 8.62. The Kier molecular flexibility index (Phi) is 7.33. The Morgan fingerprint density at radius 2 is 2.04 bits per heavy atom. The molecule has 1 aliphatic carbocycles. The molecule has 0 unspecified atom stereocenters. The molecule has 1 aromatic carbocycles. The summed E-state index contributed by atoms with van der Waals surface area (Å²) in [5, 5.41) is 6.69. The topological polar surface area (TPSA) is 56.7 Å². The van der Waals surface area contributed by atoms with Gasteiger partial charge >= 0.3 is 0 Å². The maximum Gasteiger partial charge on any atom is 0.248 e. The van der Waals surface area contributed by atoms with Gasteiger partial charge in [0.2, 0.25) is 5.91 Å². The number of carbonyl (C=O) groups is 1. The van der Waals surface area contributed by atoms with Crippen LogP contribution in [0, 0.1) is 0 Å². The van der Waals surface area contributed by atoms with Crippen molar-refractivity contribution < 1.29 is 4.79 Å². The van der Waals surface area contributed by atoms with Crippen molar-refractivity contribution in [2.45, 2.75) is 45.1 Å². The predicted molar refractivity (Wildman–Crippen MR) is 109 cm³/mol. The smallest absolute Gasteiger partial charge is 0.248 e. The van der Waals surface area contributed by atoms with Gasteiger partial charge < -0.3 is 15.5 Å². The zero-order chi connectivity index (χ0) is 16.1. The number of nitrogens with one attached hydrogen (secondary N) is 2. The minimum atomic E-state index is 0. The summed E-state index contributed by atoms with van der Waals surface area (Å²) in [7, 11) is 0. The standard InChI is InChI=1S/C18H26N4O.HI/c1-2-19-18(21-15-8-4-5-9-15)20-13-17(23)22-12-11-14-7-3-6-10-16(14)22;/h3,6-7,10,15H,2,4-5,8-9,11-13H2,1H3,(H2,19,20,21);1H. The Morgan fingerprint density at radius 1 is 1.29 bits per heavy atom. The van der Waals surface area contributed by atoms with Crippen molar-refractivity contribution in [3.05, 3.63) is 29.8 Å². The second kappa shape index (κ2) is 9.25. The van der Waals surface area contributed by atoms with Gasteiger partial charge in [0.05, 0.1) is 0 Å². The highest BCUT2D eigenvalue weighted by Gasteiger charge is 2.24. The van der Waals surface area contributed by atoms with Crippen LogP contribution < -0.4 is 15.5 Å². The molecule has 1 amide bonds. The molecule has 0 saturated heterocycles. The normalized spacial score (nSPS) is 17.4. The van der Waals surface area contributed by atoms with Gasteiger partial charge in [0.25, 0.3) is 0 Å². The molecule has 0 aromatic heterocycles. The number of aliphatic imine (C=N–C) groups is 1. The van der Waals surface area contributed by atoms with Crippen molar-refractivity contribution in [3.63, 3.8) is 0 Å². The lowest BCUT2D eigenvalue weighted by molar-refractivity contribution is -0.117. The van der Waals surface area contributed by atoms with Crippen LogP contribution in [0.5, 0.6) is 0 Å². The lowest BCUT2D eigenvalue weighted by Gasteiger charge is -2.18. The van der Waals surface area contributed by atoms with Crippen LogP contribution in [-0.2, 0) is 11.2 Å². The van der Waals surface area contributed by atoms with E-state index in [2.05, 4.69) is 21.7 Å². The van der Waals surface area contributed by atoms with Gasteiger partial charge in [-0.05, 0) is 37.8 Å². The van der Waals surface area contributed by atoms with Crippen LogP contribution in [-0.4, -0.2) is 37.5 Å². The van der Waals surface area contributed by atoms with Gasteiger partial charge in [-0.1, -0.05) is 31.0 Å². The number of carbonyl (C=O) groups excluding carboxylic acids is 1. The second-order valence-electron chi connectivity index (χ2n) is 6.24. The zero-order valence-electron chi connectivity index (χ0n) is 14.3. The molecule has 0 atom stereocenters. The summed E-state index contributed by atoms with van der Waals surface area (Å²) in [6.07, 6.45) is 5.88. The molecule has 1 saturated carbocycles. The third-order valence-electron chi connectivity index (χ3n) is 4.60. The molecule has 24 heavy (non-hydrogen) atoms. The number of rotatable bonds is 4. The highest BCUT2D eigenvalue weighted by Crippen LogP contribution is 2.27. The number of hydrogen-bond donors (Lipinski definition) is 2. The molecule has 6 heteroatoms. The third kappa shape index (κ3) is 4.62. The Hall–Kier alpha value is -1.31. The Balaban J connectivity index is 0.00000208. The molecule has 5 nitrogen and oxygen atoms in total. The lowest BCUT2D eigenvalue weighted by Crippen LogP contribution is -2.43. The number of fused-ring (bicyclic) bond motifs is 1. The van der Waals surface area contributed by atoms with Gasteiger partial charge in [-0.25, -0.2) is 4.99 Å². The molecule has 0 bridgehead atoms. The largest absolute Gasteiger partial charge is 0.357 e. The fourth-order valence-electron chi connectivity index (χ4n) is 3.41. The molecule has 2 aliphatic rings. The van der Waals surface area contributed by atoms with Crippen LogP contribution in [0.3, 0.4) is 0 Å². The fourth-order valence-corrected chi connectivity index (χ4v) is 3.41. The van der Waals surface area contributed by atoms with E-state index in [1.54, 1.807) is 0 Å². The van der Waals surface area contributed by atoms with Gasteiger partial charge in [-0.15, -0.1) is 24.0 Å². The molecular formula is C18H27IN4O. The van der Waals surface area contributed by atoms with E-state index in [0.29, 0.717) is 6.04 Å².